The Morgan fingerprint density at radius 2 is 2.20 bits per heavy atom. The SMILES string of the molecule is COCCNCc1ncoc1-c1c(F)cccc1OC. The molecule has 0 aliphatic carbocycles. The lowest BCUT2D eigenvalue weighted by atomic mass is 10.1. The molecular weight excluding hydrogens is 263 g/mol. The minimum absolute atomic E-state index is 0.288. The van der Waals surface area contributed by atoms with E-state index in [0.717, 1.165) is 0 Å². The lowest BCUT2D eigenvalue weighted by Crippen LogP contribution is -2.19. The third-order valence-electron chi connectivity index (χ3n) is 2.84. The second kappa shape index (κ2) is 7.02. The summed E-state index contributed by atoms with van der Waals surface area (Å²) in [5.41, 5.74) is 0.917. The smallest absolute Gasteiger partial charge is 0.181 e. The number of hydrogen-bond donors (Lipinski definition) is 1. The van der Waals surface area contributed by atoms with E-state index in [1.165, 1.54) is 19.6 Å². The fourth-order valence-corrected chi connectivity index (χ4v) is 1.87. The van der Waals surface area contributed by atoms with Crippen molar-refractivity contribution in [1.82, 2.24) is 10.3 Å². The van der Waals surface area contributed by atoms with Gasteiger partial charge < -0.3 is 19.2 Å². The quantitative estimate of drug-likeness (QED) is 0.788. The number of nitrogens with one attached hydrogen (secondary N) is 1. The summed E-state index contributed by atoms with van der Waals surface area (Å²) in [5.74, 6) is 0.393. The number of aromatic nitrogens is 1. The zero-order valence-electron chi connectivity index (χ0n) is 11.5. The summed E-state index contributed by atoms with van der Waals surface area (Å²) in [6, 6.07) is 4.64. The molecular formula is C14H17FN2O3. The first-order valence-corrected chi connectivity index (χ1v) is 6.22. The van der Waals surface area contributed by atoms with E-state index in [4.69, 9.17) is 13.9 Å². The topological polar surface area (TPSA) is 56.5 Å². The maximum atomic E-state index is 14.0. The van der Waals surface area contributed by atoms with Crippen molar-refractivity contribution in [2.45, 2.75) is 6.54 Å². The predicted octanol–water partition coefficient (Wildman–Crippen LogP) is 2.23. The maximum Gasteiger partial charge on any atom is 0.181 e. The molecule has 1 N–H and O–H groups in total. The average molecular weight is 280 g/mol. The lowest BCUT2D eigenvalue weighted by molar-refractivity contribution is 0.199. The van der Waals surface area contributed by atoms with Gasteiger partial charge in [-0.25, -0.2) is 9.37 Å². The zero-order valence-corrected chi connectivity index (χ0v) is 11.5. The molecule has 0 unspecified atom stereocenters. The monoisotopic (exact) mass is 280 g/mol. The van der Waals surface area contributed by atoms with E-state index >= 15 is 0 Å². The standard InChI is InChI=1S/C14H17FN2O3/c1-18-7-6-16-8-11-14(20-9-17-11)13-10(15)4-3-5-12(13)19-2/h3-5,9,16H,6-8H2,1-2H3. The van der Waals surface area contributed by atoms with Crippen LogP contribution in [0.2, 0.25) is 0 Å². The Morgan fingerprint density at radius 3 is 2.95 bits per heavy atom. The van der Waals surface area contributed by atoms with E-state index < -0.39 is 5.82 Å². The molecule has 1 heterocycles. The van der Waals surface area contributed by atoms with Gasteiger partial charge in [0.1, 0.15) is 17.3 Å². The summed E-state index contributed by atoms with van der Waals surface area (Å²) in [6.07, 6.45) is 1.30. The first kappa shape index (κ1) is 14.5. The number of benzene rings is 1. The molecule has 108 valence electrons. The molecule has 0 saturated heterocycles. The third kappa shape index (κ3) is 3.15. The van der Waals surface area contributed by atoms with Gasteiger partial charge in [-0.05, 0) is 12.1 Å². The molecule has 2 rings (SSSR count). The van der Waals surface area contributed by atoms with Crippen molar-refractivity contribution in [2.24, 2.45) is 0 Å². The van der Waals surface area contributed by atoms with Gasteiger partial charge >= 0.3 is 0 Å². The van der Waals surface area contributed by atoms with Gasteiger partial charge in [0.05, 0.1) is 19.3 Å². The molecule has 20 heavy (non-hydrogen) atoms. The molecule has 6 heteroatoms. The molecule has 0 bridgehead atoms. The van der Waals surface area contributed by atoms with Crippen molar-refractivity contribution in [3.8, 4) is 17.1 Å². The molecule has 0 aliphatic rings. The zero-order chi connectivity index (χ0) is 14.4. The largest absolute Gasteiger partial charge is 0.496 e. The van der Waals surface area contributed by atoms with Gasteiger partial charge in [-0.2, -0.15) is 0 Å². The fourth-order valence-electron chi connectivity index (χ4n) is 1.87. The van der Waals surface area contributed by atoms with Crippen LogP contribution in [0.25, 0.3) is 11.3 Å². The molecule has 1 aromatic carbocycles. The molecule has 5 nitrogen and oxygen atoms in total. The minimum Gasteiger partial charge on any atom is -0.496 e. The summed E-state index contributed by atoms with van der Waals surface area (Å²) in [5, 5.41) is 3.15. The van der Waals surface area contributed by atoms with Gasteiger partial charge in [-0.3, -0.25) is 0 Å². The van der Waals surface area contributed by atoms with E-state index in [-0.39, 0.29) is 5.56 Å². The number of ether oxygens (including phenoxy) is 2. The van der Waals surface area contributed by atoms with E-state index in [2.05, 4.69) is 10.3 Å². The molecule has 1 aromatic heterocycles. The Morgan fingerprint density at radius 1 is 1.35 bits per heavy atom. The highest BCUT2D eigenvalue weighted by atomic mass is 19.1. The van der Waals surface area contributed by atoms with Crippen LogP contribution in [0.3, 0.4) is 0 Å². The first-order valence-electron chi connectivity index (χ1n) is 6.22. The van der Waals surface area contributed by atoms with Crippen molar-refractivity contribution in [3.63, 3.8) is 0 Å². The summed E-state index contributed by atoms with van der Waals surface area (Å²) < 4.78 is 29.5. The van der Waals surface area contributed by atoms with Gasteiger partial charge in [0, 0.05) is 20.2 Å². The van der Waals surface area contributed by atoms with Crippen LogP contribution < -0.4 is 10.1 Å². The van der Waals surface area contributed by atoms with Crippen LogP contribution in [0.4, 0.5) is 4.39 Å². The third-order valence-corrected chi connectivity index (χ3v) is 2.84. The van der Waals surface area contributed by atoms with Crippen LogP contribution in [-0.2, 0) is 11.3 Å². The molecule has 0 aliphatic heterocycles. The Labute approximate surface area is 116 Å². The Balaban J connectivity index is 2.23. The van der Waals surface area contributed by atoms with Gasteiger partial charge in [0.25, 0.3) is 0 Å². The van der Waals surface area contributed by atoms with Crippen molar-refractivity contribution in [1.29, 1.82) is 0 Å². The summed E-state index contributed by atoms with van der Waals surface area (Å²) in [7, 11) is 3.12. The number of nitrogens with zero attached hydrogens (tertiary/aromatic N) is 1. The number of oxazole rings is 1. The Hall–Kier alpha value is -1.92. The van der Waals surface area contributed by atoms with Gasteiger partial charge in [0.15, 0.2) is 12.2 Å². The second-order valence-corrected chi connectivity index (χ2v) is 4.11. The van der Waals surface area contributed by atoms with E-state index in [0.29, 0.717) is 36.9 Å². The number of rotatable bonds is 7. The molecule has 0 spiro atoms. The highest BCUT2D eigenvalue weighted by molar-refractivity contribution is 5.68. The van der Waals surface area contributed by atoms with Crippen molar-refractivity contribution < 1.29 is 18.3 Å². The molecule has 0 fully saturated rings. The van der Waals surface area contributed by atoms with Crippen molar-refractivity contribution in [2.75, 3.05) is 27.4 Å². The highest BCUT2D eigenvalue weighted by Gasteiger charge is 2.19. The van der Waals surface area contributed by atoms with Gasteiger partial charge in [0.2, 0.25) is 0 Å². The second-order valence-electron chi connectivity index (χ2n) is 4.11. The van der Waals surface area contributed by atoms with Crippen LogP contribution >= 0.6 is 0 Å². The van der Waals surface area contributed by atoms with Crippen molar-refractivity contribution in [3.05, 3.63) is 36.1 Å². The van der Waals surface area contributed by atoms with Crippen LogP contribution in [0, 0.1) is 5.82 Å². The average Bonchev–Trinajstić information content (AvgIpc) is 2.91. The normalized spacial score (nSPS) is 10.8. The fraction of sp³-hybridized carbons (Fsp3) is 0.357. The lowest BCUT2D eigenvalue weighted by Gasteiger charge is -2.09. The predicted molar refractivity (Wildman–Crippen MR) is 72.0 cm³/mol. The maximum absolute atomic E-state index is 14.0. The highest BCUT2D eigenvalue weighted by Crippen LogP contribution is 2.34. The number of halogens is 1. The molecule has 0 saturated carbocycles. The molecule has 0 amide bonds. The molecule has 0 atom stereocenters. The minimum atomic E-state index is -0.403. The van der Waals surface area contributed by atoms with Crippen LogP contribution in [0.15, 0.2) is 29.0 Å². The van der Waals surface area contributed by atoms with Gasteiger partial charge in [-0.15, -0.1) is 0 Å². The van der Waals surface area contributed by atoms with E-state index in [9.17, 15) is 4.39 Å². The van der Waals surface area contributed by atoms with Crippen molar-refractivity contribution >= 4 is 0 Å². The van der Waals surface area contributed by atoms with E-state index in [1.807, 2.05) is 0 Å². The number of methoxy groups -OCH3 is 2. The first-order chi connectivity index (χ1) is 9.77. The van der Waals surface area contributed by atoms with Crippen LogP contribution in [0.1, 0.15) is 5.69 Å². The molecule has 0 radical (unpaired) electrons. The Bertz CT molecular complexity index is 557. The van der Waals surface area contributed by atoms with Crippen LogP contribution in [-0.4, -0.2) is 32.4 Å². The number of hydrogen-bond acceptors (Lipinski definition) is 5. The summed E-state index contributed by atoms with van der Waals surface area (Å²) in [6.45, 7) is 1.74. The Kier molecular flexibility index (Phi) is 5.09. The van der Waals surface area contributed by atoms with E-state index in [1.54, 1.807) is 19.2 Å². The van der Waals surface area contributed by atoms with Crippen LogP contribution in [0.5, 0.6) is 5.75 Å². The molecule has 2 aromatic rings. The summed E-state index contributed by atoms with van der Waals surface area (Å²) in [4.78, 5) is 4.11. The van der Waals surface area contributed by atoms with Gasteiger partial charge in [-0.1, -0.05) is 6.07 Å². The summed E-state index contributed by atoms with van der Waals surface area (Å²) >= 11 is 0.